The van der Waals surface area contributed by atoms with Gasteiger partial charge in [-0.15, -0.1) is 11.6 Å². The first kappa shape index (κ1) is 13.6. The van der Waals surface area contributed by atoms with Gasteiger partial charge in [-0.05, 0) is 12.1 Å². The highest BCUT2D eigenvalue weighted by molar-refractivity contribution is 6.27. The molecule has 1 aliphatic rings. The Balaban J connectivity index is 1.75. The highest BCUT2D eigenvalue weighted by atomic mass is 35.5. The number of H-pyrrole nitrogens is 1. The molecule has 108 valence electrons. The van der Waals surface area contributed by atoms with Crippen LogP contribution in [-0.2, 0) is 17.9 Å². The number of benzene rings is 1. The second-order valence-electron chi connectivity index (χ2n) is 4.73. The van der Waals surface area contributed by atoms with Crippen LogP contribution in [0.1, 0.15) is 21.6 Å². The molecule has 1 aromatic carbocycles. The summed E-state index contributed by atoms with van der Waals surface area (Å²) < 4.78 is 0. The van der Waals surface area contributed by atoms with Crippen LogP contribution in [-0.4, -0.2) is 32.8 Å². The molecule has 0 atom stereocenters. The number of carbonyl (C=O) groups is 2. The third kappa shape index (κ3) is 2.62. The second-order valence-corrected chi connectivity index (χ2v) is 5.00. The van der Waals surface area contributed by atoms with Gasteiger partial charge in [-0.2, -0.15) is 5.10 Å². The molecule has 0 spiro atoms. The molecule has 0 saturated carbocycles. The van der Waals surface area contributed by atoms with Gasteiger partial charge in [0.1, 0.15) is 5.88 Å². The molecule has 21 heavy (non-hydrogen) atoms. The van der Waals surface area contributed by atoms with E-state index in [0.717, 1.165) is 11.3 Å². The first-order valence-electron chi connectivity index (χ1n) is 6.45. The second kappa shape index (κ2) is 5.57. The largest absolute Gasteiger partial charge is 0.331 e. The number of fused-ring (bicyclic) bond motifs is 1. The Kier molecular flexibility index (Phi) is 3.62. The van der Waals surface area contributed by atoms with Crippen molar-refractivity contribution in [2.75, 3.05) is 11.2 Å². The number of hydrogen-bond donors (Lipinski definition) is 2. The first-order valence-corrected chi connectivity index (χ1v) is 6.98. The van der Waals surface area contributed by atoms with Gasteiger partial charge in [-0.1, -0.05) is 18.2 Å². The molecule has 0 radical (unpaired) electrons. The third-order valence-corrected chi connectivity index (χ3v) is 3.61. The maximum Gasteiger partial charge on any atom is 0.256 e. The van der Waals surface area contributed by atoms with Crippen molar-refractivity contribution in [1.29, 1.82) is 0 Å². The molecule has 2 amide bonds. The summed E-state index contributed by atoms with van der Waals surface area (Å²) >= 11 is 5.56. The minimum Gasteiger partial charge on any atom is -0.331 e. The van der Waals surface area contributed by atoms with E-state index in [4.69, 9.17) is 11.6 Å². The topological polar surface area (TPSA) is 78.1 Å². The molecule has 7 heteroatoms. The molecule has 2 heterocycles. The summed E-state index contributed by atoms with van der Waals surface area (Å²) in [5, 5.41) is 9.71. The highest BCUT2D eigenvalue weighted by Crippen LogP contribution is 2.27. The minimum atomic E-state index is -0.230. The predicted molar refractivity (Wildman–Crippen MR) is 78.0 cm³/mol. The molecule has 0 aliphatic carbocycles. The van der Waals surface area contributed by atoms with Gasteiger partial charge in [0, 0.05) is 11.1 Å². The lowest BCUT2D eigenvalue weighted by Crippen LogP contribution is -2.26. The number of anilines is 1. The number of aromatic amines is 1. The van der Waals surface area contributed by atoms with Crippen molar-refractivity contribution >= 4 is 29.2 Å². The van der Waals surface area contributed by atoms with Crippen LogP contribution in [0.5, 0.6) is 0 Å². The summed E-state index contributed by atoms with van der Waals surface area (Å²) in [4.78, 5) is 25.3. The van der Waals surface area contributed by atoms with Crippen LogP contribution in [0.2, 0.25) is 0 Å². The van der Waals surface area contributed by atoms with Crippen LogP contribution in [0.4, 0.5) is 5.82 Å². The van der Waals surface area contributed by atoms with E-state index in [9.17, 15) is 9.59 Å². The number of nitrogens with zero attached hydrogens (tertiary/aromatic N) is 2. The lowest BCUT2D eigenvalue weighted by Gasteiger charge is -2.13. The van der Waals surface area contributed by atoms with E-state index in [2.05, 4.69) is 15.5 Å². The minimum absolute atomic E-state index is 0.0522. The van der Waals surface area contributed by atoms with Gasteiger partial charge < -0.3 is 10.2 Å². The monoisotopic (exact) mass is 304 g/mol. The Bertz CT molecular complexity index is 684. The maximum absolute atomic E-state index is 12.1. The van der Waals surface area contributed by atoms with Gasteiger partial charge in [-0.3, -0.25) is 14.7 Å². The van der Waals surface area contributed by atoms with Crippen molar-refractivity contribution in [1.82, 2.24) is 15.1 Å². The number of hydrogen-bond acceptors (Lipinski definition) is 3. The van der Waals surface area contributed by atoms with Crippen molar-refractivity contribution in [2.24, 2.45) is 0 Å². The summed E-state index contributed by atoms with van der Waals surface area (Å²) in [6.45, 7) is 0.844. The fourth-order valence-electron chi connectivity index (χ4n) is 2.27. The van der Waals surface area contributed by atoms with Crippen molar-refractivity contribution in [3.8, 4) is 0 Å². The summed E-state index contributed by atoms with van der Waals surface area (Å²) in [5.74, 6) is 0.0426. The van der Waals surface area contributed by atoms with Crippen molar-refractivity contribution in [2.45, 2.75) is 13.1 Å². The number of alkyl halides is 1. The average molecular weight is 305 g/mol. The van der Waals surface area contributed by atoms with Crippen molar-refractivity contribution in [3.05, 3.63) is 47.2 Å². The van der Waals surface area contributed by atoms with Crippen LogP contribution in [0.3, 0.4) is 0 Å². The molecule has 1 aliphatic heterocycles. The highest BCUT2D eigenvalue weighted by Gasteiger charge is 2.28. The van der Waals surface area contributed by atoms with E-state index in [1.54, 1.807) is 29.2 Å². The molecule has 0 saturated heterocycles. The van der Waals surface area contributed by atoms with E-state index in [0.29, 0.717) is 24.5 Å². The maximum atomic E-state index is 12.1. The first-order chi connectivity index (χ1) is 10.2. The van der Waals surface area contributed by atoms with Gasteiger partial charge in [0.15, 0.2) is 5.82 Å². The number of nitrogens with one attached hydrogen (secondary N) is 2. The number of carbonyl (C=O) groups excluding carboxylic acids is 2. The zero-order chi connectivity index (χ0) is 14.8. The molecule has 0 fully saturated rings. The summed E-state index contributed by atoms with van der Waals surface area (Å²) in [6.07, 6.45) is 0. The number of aromatic nitrogens is 2. The summed E-state index contributed by atoms with van der Waals surface area (Å²) in [6, 6.07) is 8.89. The molecule has 3 rings (SSSR count). The van der Waals surface area contributed by atoms with Gasteiger partial charge in [0.05, 0.1) is 18.8 Å². The molecule has 2 N–H and O–H groups in total. The molecular formula is C14H13ClN4O2. The summed E-state index contributed by atoms with van der Waals surface area (Å²) in [5.41, 5.74) is 2.22. The van der Waals surface area contributed by atoms with E-state index in [1.807, 2.05) is 6.07 Å². The number of rotatable bonds is 3. The lowest BCUT2D eigenvalue weighted by molar-refractivity contribution is -0.129. The van der Waals surface area contributed by atoms with Crippen LogP contribution < -0.4 is 5.32 Å². The molecule has 2 aromatic rings. The molecule has 0 bridgehead atoms. The fraction of sp³-hybridized carbons (Fsp3) is 0.214. The summed E-state index contributed by atoms with van der Waals surface area (Å²) in [7, 11) is 0. The van der Waals surface area contributed by atoms with E-state index < -0.39 is 0 Å². The predicted octanol–water partition coefficient (Wildman–Crippen LogP) is 1.74. The Hall–Kier alpha value is -2.34. The molecule has 6 nitrogen and oxygen atoms in total. The van der Waals surface area contributed by atoms with E-state index in [-0.39, 0.29) is 17.7 Å². The quantitative estimate of drug-likeness (QED) is 0.848. The van der Waals surface area contributed by atoms with Gasteiger partial charge in [-0.25, -0.2) is 0 Å². The average Bonchev–Trinajstić information content (AvgIpc) is 3.09. The molecule has 1 aromatic heterocycles. The number of amides is 2. The molecular weight excluding hydrogens is 292 g/mol. The standard InChI is InChI=1S/C14H13ClN4O2/c15-6-12(20)19-7-10-11(8-19)17-18-13(10)16-14(21)9-4-2-1-3-5-9/h1-5H,6-8H2,(H2,16,17,18,21). The zero-order valence-corrected chi connectivity index (χ0v) is 11.9. The van der Waals surface area contributed by atoms with Crippen LogP contribution in [0, 0.1) is 0 Å². The smallest absolute Gasteiger partial charge is 0.256 e. The van der Waals surface area contributed by atoms with E-state index in [1.165, 1.54) is 0 Å². The van der Waals surface area contributed by atoms with E-state index >= 15 is 0 Å². The Labute approximate surface area is 126 Å². The van der Waals surface area contributed by atoms with Crippen LogP contribution >= 0.6 is 11.6 Å². The van der Waals surface area contributed by atoms with Crippen LogP contribution in [0.25, 0.3) is 0 Å². The van der Waals surface area contributed by atoms with Gasteiger partial charge in [0.2, 0.25) is 5.91 Å². The normalized spacial score (nSPS) is 13.1. The zero-order valence-electron chi connectivity index (χ0n) is 11.1. The van der Waals surface area contributed by atoms with Gasteiger partial charge >= 0.3 is 0 Å². The van der Waals surface area contributed by atoms with Crippen LogP contribution in [0.15, 0.2) is 30.3 Å². The molecule has 0 unspecified atom stereocenters. The SMILES string of the molecule is O=C(Nc1n[nH]c2c1CN(C(=O)CCl)C2)c1ccccc1. The Morgan fingerprint density at radius 2 is 2.05 bits per heavy atom. The fourth-order valence-corrected chi connectivity index (χ4v) is 2.44. The Morgan fingerprint density at radius 3 is 2.76 bits per heavy atom. The third-order valence-electron chi connectivity index (χ3n) is 3.39. The lowest BCUT2D eigenvalue weighted by atomic mass is 10.2. The van der Waals surface area contributed by atoms with Crippen molar-refractivity contribution in [3.63, 3.8) is 0 Å². The van der Waals surface area contributed by atoms with Gasteiger partial charge in [0.25, 0.3) is 5.91 Å². The van der Waals surface area contributed by atoms with Crippen molar-refractivity contribution < 1.29 is 9.59 Å². The number of halogens is 1. The Morgan fingerprint density at radius 1 is 1.29 bits per heavy atom.